The van der Waals surface area contributed by atoms with Gasteiger partial charge in [-0.3, -0.25) is 9.59 Å². The number of amides is 1. The zero-order chi connectivity index (χ0) is 20.5. The molecule has 0 bridgehead atoms. The summed E-state index contributed by atoms with van der Waals surface area (Å²) in [5, 5.41) is 14.9. The highest BCUT2D eigenvalue weighted by molar-refractivity contribution is 7.10. The van der Waals surface area contributed by atoms with Gasteiger partial charge in [0.1, 0.15) is 17.6 Å². The van der Waals surface area contributed by atoms with Crippen molar-refractivity contribution < 1.29 is 19.4 Å². The number of ether oxygens (including phenoxy) is 1. The molecule has 2 aromatic heterocycles. The first-order valence-corrected chi connectivity index (χ1v) is 10.8. The minimum absolute atomic E-state index is 0.116. The van der Waals surface area contributed by atoms with Crippen molar-refractivity contribution in [1.82, 2.24) is 4.90 Å². The van der Waals surface area contributed by atoms with E-state index >= 15 is 0 Å². The molecule has 3 aromatic rings. The second-order valence-corrected chi connectivity index (χ2v) is 8.69. The number of hydrogen-bond acceptors (Lipinski definition) is 6. The van der Waals surface area contributed by atoms with Crippen molar-refractivity contribution in [2.24, 2.45) is 0 Å². The van der Waals surface area contributed by atoms with Crippen LogP contribution in [0.2, 0.25) is 0 Å². The van der Waals surface area contributed by atoms with Crippen LogP contribution in [0.25, 0.3) is 5.76 Å². The van der Waals surface area contributed by atoms with Crippen LogP contribution in [0, 0.1) is 6.92 Å². The summed E-state index contributed by atoms with van der Waals surface area (Å²) in [5.41, 5.74) is 1.54. The lowest BCUT2D eigenvalue weighted by atomic mass is 9.98. The lowest BCUT2D eigenvalue weighted by molar-refractivity contribution is -0.140. The maximum absolute atomic E-state index is 13.0. The Balaban J connectivity index is 1.87. The molecule has 29 heavy (non-hydrogen) atoms. The van der Waals surface area contributed by atoms with Crippen LogP contribution in [0.1, 0.15) is 26.9 Å². The van der Waals surface area contributed by atoms with Crippen LogP contribution in [-0.2, 0) is 16.1 Å². The Labute approximate surface area is 176 Å². The second kappa shape index (κ2) is 7.85. The van der Waals surface area contributed by atoms with Gasteiger partial charge in [-0.25, -0.2) is 0 Å². The first-order valence-electron chi connectivity index (χ1n) is 9.00. The molecule has 148 valence electrons. The summed E-state index contributed by atoms with van der Waals surface area (Å²) in [6, 6.07) is 12.0. The normalized spacial score (nSPS) is 18.4. The average Bonchev–Trinajstić information content (AvgIpc) is 3.45. The van der Waals surface area contributed by atoms with Crippen LogP contribution < -0.4 is 4.74 Å². The van der Waals surface area contributed by atoms with E-state index in [-0.39, 0.29) is 11.3 Å². The fourth-order valence-electron chi connectivity index (χ4n) is 3.48. The van der Waals surface area contributed by atoms with Gasteiger partial charge in [0.05, 0.1) is 19.2 Å². The smallest absolute Gasteiger partial charge is 0.296 e. The second-order valence-electron chi connectivity index (χ2n) is 6.71. The fourth-order valence-corrected chi connectivity index (χ4v) is 5.23. The van der Waals surface area contributed by atoms with Gasteiger partial charge in [0, 0.05) is 15.3 Å². The number of aliphatic hydroxyl groups is 1. The molecule has 1 aromatic carbocycles. The van der Waals surface area contributed by atoms with Crippen molar-refractivity contribution in [2.75, 3.05) is 7.11 Å². The molecule has 0 radical (unpaired) electrons. The molecule has 4 rings (SSSR count). The number of likely N-dealkylation sites (tertiary alicyclic amines) is 1. The van der Waals surface area contributed by atoms with Crippen molar-refractivity contribution in [2.45, 2.75) is 19.5 Å². The van der Waals surface area contributed by atoms with Gasteiger partial charge in [-0.2, -0.15) is 0 Å². The first-order chi connectivity index (χ1) is 14.0. The summed E-state index contributed by atoms with van der Waals surface area (Å²) in [7, 11) is 1.54. The van der Waals surface area contributed by atoms with Crippen LogP contribution in [0.4, 0.5) is 0 Å². The Kier molecular flexibility index (Phi) is 5.25. The van der Waals surface area contributed by atoms with Gasteiger partial charge in [0.15, 0.2) is 0 Å². The lowest BCUT2D eigenvalue weighted by Gasteiger charge is -2.24. The third kappa shape index (κ3) is 3.47. The maximum atomic E-state index is 13.0. The SMILES string of the molecule is COc1cccc(/C(O)=C2/C(=O)C(=O)N(Cc3cccs3)C2c2sccc2C)c1. The molecular formula is C22H19NO4S2. The zero-order valence-corrected chi connectivity index (χ0v) is 17.5. The van der Waals surface area contributed by atoms with Gasteiger partial charge in [-0.1, -0.05) is 18.2 Å². The highest BCUT2D eigenvalue weighted by atomic mass is 32.1. The number of aliphatic hydroxyl groups excluding tert-OH is 1. The molecule has 1 aliphatic rings. The van der Waals surface area contributed by atoms with Crippen molar-refractivity contribution in [3.8, 4) is 5.75 Å². The largest absolute Gasteiger partial charge is 0.507 e. The van der Waals surface area contributed by atoms with Gasteiger partial charge >= 0.3 is 0 Å². The molecule has 1 N–H and O–H groups in total. The molecule has 1 unspecified atom stereocenters. The topological polar surface area (TPSA) is 66.8 Å². The van der Waals surface area contributed by atoms with Gasteiger partial charge < -0.3 is 14.7 Å². The fraction of sp³-hybridized carbons (Fsp3) is 0.182. The molecule has 7 heteroatoms. The van der Waals surface area contributed by atoms with Gasteiger partial charge in [0.2, 0.25) is 0 Å². The molecule has 1 atom stereocenters. The molecule has 0 saturated carbocycles. The predicted octanol–water partition coefficient (Wildman–Crippen LogP) is 4.75. The number of rotatable bonds is 5. The minimum atomic E-state index is -0.667. The summed E-state index contributed by atoms with van der Waals surface area (Å²) >= 11 is 3.01. The quantitative estimate of drug-likeness (QED) is 0.364. The Bertz CT molecular complexity index is 1100. The zero-order valence-electron chi connectivity index (χ0n) is 15.9. The average molecular weight is 426 g/mol. The van der Waals surface area contributed by atoms with Crippen molar-refractivity contribution in [3.05, 3.63) is 79.7 Å². The van der Waals surface area contributed by atoms with E-state index in [0.717, 1.165) is 15.3 Å². The molecule has 1 saturated heterocycles. The Hall–Kier alpha value is -2.90. The third-order valence-electron chi connectivity index (χ3n) is 4.94. The van der Waals surface area contributed by atoms with E-state index in [1.54, 1.807) is 29.2 Å². The highest BCUT2D eigenvalue weighted by Crippen LogP contribution is 2.43. The summed E-state index contributed by atoms with van der Waals surface area (Å²) < 4.78 is 5.23. The van der Waals surface area contributed by atoms with Crippen LogP contribution in [0.15, 0.2) is 58.8 Å². The van der Waals surface area contributed by atoms with Crippen LogP contribution in [-0.4, -0.2) is 28.8 Å². The van der Waals surface area contributed by atoms with Crippen molar-refractivity contribution in [3.63, 3.8) is 0 Å². The van der Waals surface area contributed by atoms with E-state index in [0.29, 0.717) is 17.9 Å². The van der Waals surface area contributed by atoms with Crippen LogP contribution >= 0.6 is 22.7 Å². The standard InChI is InChI=1S/C22H19NO4S2/c1-13-8-10-29-21(13)18-17(19(24)14-5-3-6-15(11-14)27-2)20(25)22(26)23(18)12-16-7-4-9-28-16/h3-11,18,24H,12H2,1-2H3/b19-17-. The number of methoxy groups -OCH3 is 1. The molecular weight excluding hydrogens is 406 g/mol. The Morgan fingerprint density at radius 1 is 1.14 bits per heavy atom. The number of nitrogens with zero attached hydrogens (tertiary/aromatic N) is 1. The number of carbonyl (C=O) groups is 2. The summed E-state index contributed by atoms with van der Waals surface area (Å²) in [6.07, 6.45) is 0. The first kappa shape index (κ1) is 19.4. The summed E-state index contributed by atoms with van der Waals surface area (Å²) in [5.74, 6) is -0.889. The minimum Gasteiger partial charge on any atom is -0.507 e. The number of carbonyl (C=O) groups excluding carboxylic acids is 2. The van der Waals surface area contributed by atoms with Crippen LogP contribution in [0.3, 0.4) is 0 Å². The number of ketones is 1. The maximum Gasteiger partial charge on any atom is 0.296 e. The Morgan fingerprint density at radius 2 is 1.97 bits per heavy atom. The number of benzene rings is 1. The summed E-state index contributed by atoms with van der Waals surface area (Å²) in [6.45, 7) is 2.27. The molecule has 5 nitrogen and oxygen atoms in total. The van der Waals surface area contributed by atoms with E-state index in [2.05, 4.69) is 0 Å². The predicted molar refractivity (Wildman–Crippen MR) is 114 cm³/mol. The van der Waals surface area contributed by atoms with E-state index in [9.17, 15) is 14.7 Å². The highest BCUT2D eigenvalue weighted by Gasteiger charge is 2.47. The van der Waals surface area contributed by atoms with Gasteiger partial charge in [-0.05, 0) is 47.5 Å². The van der Waals surface area contributed by atoms with Crippen LogP contribution in [0.5, 0.6) is 5.75 Å². The Morgan fingerprint density at radius 3 is 2.62 bits per heavy atom. The molecule has 1 aliphatic heterocycles. The van der Waals surface area contributed by atoms with E-state index in [1.165, 1.54) is 29.8 Å². The molecule has 0 aliphatic carbocycles. The monoisotopic (exact) mass is 425 g/mol. The molecule has 1 fully saturated rings. The number of thiophene rings is 2. The van der Waals surface area contributed by atoms with Crippen molar-refractivity contribution >= 4 is 40.1 Å². The molecule has 0 spiro atoms. The summed E-state index contributed by atoms with van der Waals surface area (Å²) in [4.78, 5) is 29.3. The number of aryl methyl sites for hydroxylation is 1. The lowest BCUT2D eigenvalue weighted by Crippen LogP contribution is -2.28. The third-order valence-corrected chi connectivity index (χ3v) is 6.87. The molecule has 3 heterocycles. The van der Waals surface area contributed by atoms with E-state index < -0.39 is 17.7 Å². The van der Waals surface area contributed by atoms with Gasteiger partial charge in [0.25, 0.3) is 11.7 Å². The van der Waals surface area contributed by atoms with E-state index in [1.807, 2.05) is 35.9 Å². The van der Waals surface area contributed by atoms with E-state index in [4.69, 9.17) is 4.74 Å². The molecule has 1 amide bonds. The number of hydrogen-bond donors (Lipinski definition) is 1. The van der Waals surface area contributed by atoms with Gasteiger partial charge in [-0.15, -0.1) is 22.7 Å². The number of Topliss-reactive ketones (excluding diaryl/α,β-unsaturated/α-hetero) is 1. The van der Waals surface area contributed by atoms with Crippen molar-refractivity contribution in [1.29, 1.82) is 0 Å².